The largest absolute Gasteiger partial charge is 0.416 e. The first kappa shape index (κ1) is 17.5. The molecular formula is C17H14F3NO3S. The number of hydrogen-bond acceptors (Lipinski definition) is 3. The zero-order valence-corrected chi connectivity index (χ0v) is 13.9. The van der Waals surface area contributed by atoms with Crippen LogP contribution in [-0.4, -0.2) is 14.2 Å². The van der Waals surface area contributed by atoms with Gasteiger partial charge in [0.05, 0.1) is 22.2 Å². The summed E-state index contributed by atoms with van der Waals surface area (Å²) in [4.78, 5) is 11.4. The number of fused-ring (bicyclic) bond motifs is 1. The molecule has 0 radical (unpaired) electrons. The fourth-order valence-corrected chi connectivity index (χ4v) is 4.85. The van der Waals surface area contributed by atoms with Crippen molar-refractivity contribution in [1.29, 1.82) is 0 Å². The van der Waals surface area contributed by atoms with E-state index in [0.717, 1.165) is 22.5 Å². The van der Waals surface area contributed by atoms with Gasteiger partial charge in [0, 0.05) is 6.42 Å². The second kappa shape index (κ2) is 5.87. The first-order valence-corrected chi connectivity index (χ1v) is 8.86. The number of hydrogen-bond donors (Lipinski definition) is 0. The third-order valence-electron chi connectivity index (χ3n) is 4.01. The van der Waals surface area contributed by atoms with Crippen molar-refractivity contribution >= 4 is 21.5 Å². The minimum atomic E-state index is -4.60. The van der Waals surface area contributed by atoms with E-state index in [0.29, 0.717) is 5.69 Å². The van der Waals surface area contributed by atoms with Gasteiger partial charge in [0.25, 0.3) is 10.0 Å². The number of anilines is 1. The van der Waals surface area contributed by atoms with Gasteiger partial charge in [-0.05, 0) is 42.8 Å². The number of benzene rings is 2. The number of halogens is 3. The van der Waals surface area contributed by atoms with Crippen molar-refractivity contribution in [1.82, 2.24) is 0 Å². The van der Waals surface area contributed by atoms with Crippen LogP contribution in [-0.2, 0) is 21.0 Å². The highest BCUT2D eigenvalue weighted by Crippen LogP contribution is 2.46. The SMILES string of the molecule is CC(=O)C[C@H]1c2cc(C(F)(F)F)ccc2S(=O)(=O)N1c1ccccc1. The molecule has 1 aliphatic rings. The second-order valence-corrected chi connectivity index (χ2v) is 7.59. The standard InChI is InChI=1S/C17H14F3NO3S/c1-11(22)9-15-14-10-12(17(18,19)20)7-8-16(14)25(23,24)21(15)13-5-3-2-4-6-13/h2-8,10,15H,9H2,1H3/t15-/m0/s1. The number of para-hydroxylation sites is 1. The quantitative estimate of drug-likeness (QED) is 0.824. The monoisotopic (exact) mass is 369 g/mol. The van der Waals surface area contributed by atoms with Crippen molar-refractivity contribution in [3.63, 3.8) is 0 Å². The fourth-order valence-electron chi connectivity index (χ4n) is 2.98. The van der Waals surface area contributed by atoms with Gasteiger partial charge in [-0.1, -0.05) is 18.2 Å². The lowest BCUT2D eigenvalue weighted by Gasteiger charge is -2.25. The fraction of sp³-hybridized carbons (Fsp3) is 0.235. The molecule has 0 fully saturated rings. The molecule has 3 rings (SSSR count). The van der Waals surface area contributed by atoms with E-state index in [9.17, 15) is 26.4 Å². The average Bonchev–Trinajstić information content (AvgIpc) is 2.74. The minimum absolute atomic E-state index is 0.00567. The Morgan fingerprint density at radius 2 is 1.76 bits per heavy atom. The molecule has 0 saturated heterocycles. The van der Waals surface area contributed by atoms with Crippen LogP contribution in [0.5, 0.6) is 0 Å². The summed E-state index contributed by atoms with van der Waals surface area (Å²) in [5, 5.41) is 0. The van der Waals surface area contributed by atoms with Gasteiger partial charge in [-0.3, -0.25) is 9.10 Å². The molecule has 0 unspecified atom stereocenters. The first-order chi connectivity index (χ1) is 11.6. The predicted molar refractivity (Wildman–Crippen MR) is 85.6 cm³/mol. The van der Waals surface area contributed by atoms with Crippen LogP contribution in [0, 0.1) is 0 Å². The molecule has 0 saturated carbocycles. The third kappa shape index (κ3) is 3.02. The van der Waals surface area contributed by atoms with Gasteiger partial charge in [0.1, 0.15) is 5.78 Å². The molecule has 1 atom stereocenters. The maximum absolute atomic E-state index is 13.0. The average molecular weight is 369 g/mol. The van der Waals surface area contributed by atoms with E-state index >= 15 is 0 Å². The lowest BCUT2D eigenvalue weighted by molar-refractivity contribution is -0.137. The first-order valence-electron chi connectivity index (χ1n) is 7.42. The normalized spacial score (nSPS) is 18.9. The zero-order chi connectivity index (χ0) is 18.4. The van der Waals surface area contributed by atoms with Crippen LogP contribution in [0.15, 0.2) is 53.4 Å². The van der Waals surface area contributed by atoms with E-state index in [2.05, 4.69) is 0 Å². The van der Waals surface area contributed by atoms with Crippen LogP contribution in [0.25, 0.3) is 0 Å². The predicted octanol–water partition coefficient (Wildman–Crippen LogP) is 3.93. The van der Waals surface area contributed by atoms with Crippen LogP contribution < -0.4 is 4.31 Å². The Balaban J connectivity index is 2.23. The highest BCUT2D eigenvalue weighted by atomic mass is 32.2. The van der Waals surface area contributed by atoms with E-state index in [4.69, 9.17) is 0 Å². The molecule has 0 aliphatic carbocycles. The molecule has 0 N–H and O–H groups in total. The molecule has 132 valence electrons. The summed E-state index contributed by atoms with van der Waals surface area (Å²) >= 11 is 0. The number of nitrogens with zero attached hydrogens (tertiary/aromatic N) is 1. The van der Waals surface area contributed by atoms with Gasteiger partial charge in [-0.15, -0.1) is 0 Å². The number of Topliss-reactive ketones (excluding diaryl/α,β-unsaturated/α-hetero) is 1. The maximum Gasteiger partial charge on any atom is 0.416 e. The summed E-state index contributed by atoms with van der Waals surface area (Å²) < 4.78 is 65.9. The molecule has 0 amide bonds. The van der Waals surface area contributed by atoms with Crippen molar-refractivity contribution < 1.29 is 26.4 Å². The minimum Gasteiger partial charge on any atom is -0.300 e. The highest BCUT2D eigenvalue weighted by Gasteiger charge is 2.44. The summed E-state index contributed by atoms with van der Waals surface area (Å²) in [5.41, 5.74) is -0.641. The van der Waals surface area contributed by atoms with Crippen molar-refractivity contribution in [3.05, 3.63) is 59.7 Å². The zero-order valence-electron chi connectivity index (χ0n) is 13.1. The Kier molecular flexibility index (Phi) is 4.10. The topological polar surface area (TPSA) is 54.5 Å². The lowest BCUT2D eigenvalue weighted by Crippen LogP contribution is -2.29. The molecule has 25 heavy (non-hydrogen) atoms. The summed E-state index contributed by atoms with van der Waals surface area (Å²) in [6.07, 6.45) is -4.80. The van der Waals surface area contributed by atoms with E-state index < -0.39 is 27.8 Å². The smallest absolute Gasteiger partial charge is 0.300 e. The Labute approximate surface area is 142 Å². The Morgan fingerprint density at radius 3 is 2.32 bits per heavy atom. The van der Waals surface area contributed by atoms with Crippen LogP contribution in [0.2, 0.25) is 0 Å². The van der Waals surface area contributed by atoms with E-state index in [1.807, 2.05) is 0 Å². The highest BCUT2D eigenvalue weighted by molar-refractivity contribution is 7.93. The van der Waals surface area contributed by atoms with Crippen LogP contribution in [0.4, 0.5) is 18.9 Å². The summed E-state index contributed by atoms with van der Waals surface area (Å²) in [7, 11) is -4.04. The number of carbonyl (C=O) groups is 1. The van der Waals surface area contributed by atoms with Gasteiger partial charge >= 0.3 is 6.18 Å². The van der Waals surface area contributed by atoms with Crippen molar-refractivity contribution in [2.24, 2.45) is 0 Å². The number of ketones is 1. The summed E-state index contributed by atoms with van der Waals surface area (Å²) in [6, 6.07) is 9.56. The van der Waals surface area contributed by atoms with Crippen molar-refractivity contribution in [2.75, 3.05) is 4.31 Å². The molecule has 1 heterocycles. The van der Waals surface area contributed by atoms with Gasteiger partial charge in [0.2, 0.25) is 0 Å². The Bertz CT molecular complexity index is 924. The van der Waals surface area contributed by atoms with Crippen molar-refractivity contribution in [2.45, 2.75) is 30.5 Å². The summed E-state index contributed by atoms with van der Waals surface area (Å²) in [5.74, 6) is -0.314. The van der Waals surface area contributed by atoms with Gasteiger partial charge in [-0.2, -0.15) is 13.2 Å². The van der Waals surface area contributed by atoms with E-state index in [-0.39, 0.29) is 22.7 Å². The number of sulfonamides is 1. The van der Waals surface area contributed by atoms with Crippen LogP contribution in [0.1, 0.15) is 30.5 Å². The van der Waals surface area contributed by atoms with Gasteiger partial charge < -0.3 is 0 Å². The molecule has 2 aromatic carbocycles. The second-order valence-electron chi connectivity index (χ2n) is 5.81. The Morgan fingerprint density at radius 1 is 1.12 bits per heavy atom. The number of alkyl halides is 3. The van der Waals surface area contributed by atoms with E-state index in [1.165, 1.54) is 6.92 Å². The van der Waals surface area contributed by atoms with Crippen LogP contribution >= 0.6 is 0 Å². The van der Waals surface area contributed by atoms with E-state index in [1.54, 1.807) is 30.3 Å². The molecule has 8 heteroatoms. The summed E-state index contributed by atoms with van der Waals surface area (Å²) in [6.45, 7) is 1.28. The molecule has 0 aromatic heterocycles. The van der Waals surface area contributed by atoms with Gasteiger partial charge in [-0.25, -0.2) is 8.42 Å². The third-order valence-corrected chi connectivity index (χ3v) is 5.92. The molecule has 1 aliphatic heterocycles. The molecular weight excluding hydrogens is 355 g/mol. The molecule has 2 aromatic rings. The number of carbonyl (C=O) groups excluding carboxylic acids is 1. The van der Waals surface area contributed by atoms with Crippen molar-refractivity contribution in [3.8, 4) is 0 Å². The lowest BCUT2D eigenvalue weighted by atomic mass is 9.99. The number of rotatable bonds is 3. The van der Waals surface area contributed by atoms with Crippen LogP contribution in [0.3, 0.4) is 0 Å². The Hall–Kier alpha value is -2.35. The molecule has 4 nitrogen and oxygen atoms in total. The maximum atomic E-state index is 13.0. The molecule has 0 bridgehead atoms. The van der Waals surface area contributed by atoms with Gasteiger partial charge in [0.15, 0.2) is 0 Å². The molecule has 0 spiro atoms.